The summed E-state index contributed by atoms with van der Waals surface area (Å²) < 4.78 is 0. The average molecular weight is 253 g/mol. The van der Waals surface area contributed by atoms with Gasteiger partial charge in [-0.25, -0.2) is 9.97 Å². The zero-order valence-corrected chi connectivity index (χ0v) is 10.5. The number of hydrogen-bond acceptors (Lipinski definition) is 4. The third kappa shape index (κ3) is 2.38. The Hall–Kier alpha value is -0.870. The predicted molar refractivity (Wildman–Crippen MR) is 68.3 cm³/mol. The molecule has 1 aromatic rings. The van der Waals surface area contributed by atoms with Crippen LogP contribution in [-0.2, 0) is 0 Å². The van der Waals surface area contributed by atoms with E-state index < -0.39 is 0 Å². The molecule has 0 radical (unpaired) electrons. The summed E-state index contributed by atoms with van der Waals surface area (Å²) >= 11 is 5.78. The Morgan fingerprint density at radius 3 is 2.82 bits per heavy atom. The minimum absolute atomic E-state index is 0.497. The molecular weight excluding hydrogens is 236 g/mol. The highest BCUT2D eigenvalue weighted by Gasteiger charge is 2.35. The predicted octanol–water partition coefficient (Wildman–Crippen LogP) is 2.17. The van der Waals surface area contributed by atoms with Crippen LogP contribution in [0.5, 0.6) is 0 Å². The van der Waals surface area contributed by atoms with Gasteiger partial charge in [-0.05, 0) is 25.8 Å². The first-order chi connectivity index (χ1) is 8.33. The third-order valence-corrected chi connectivity index (χ3v) is 3.99. The molecule has 0 aromatic carbocycles. The van der Waals surface area contributed by atoms with Crippen molar-refractivity contribution >= 4 is 17.5 Å². The quantitative estimate of drug-likeness (QED) is 0.876. The van der Waals surface area contributed by atoms with Crippen molar-refractivity contribution in [3.8, 4) is 0 Å². The average Bonchev–Trinajstić information content (AvgIpc) is 2.76. The van der Waals surface area contributed by atoms with Crippen LogP contribution in [0.15, 0.2) is 12.4 Å². The molecule has 0 saturated carbocycles. The molecule has 1 N–H and O–H groups in total. The molecule has 17 heavy (non-hydrogen) atoms. The van der Waals surface area contributed by atoms with E-state index in [1.165, 1.54) is 38.8 Å². The number of hydrogen-bond donors (Lipinski definition) is 1. The molecule has 2 fully saturated rings. The van der Waals surface area contributed by atoms with Gasteiger partial charge in [-0.2, -0.15) is 0 Å². The van der Waals surface area contributed by atoms with Crippen LogP contribution in [0, 0.1) is 0 Å². The summed E-state index contributed by atoms with van der Waals surface area (Å²) in [6.45, 7) is 2.46. The molecule has 2 aliphatic rings. The molecule has 1 aromatic heterocycles. The Balaban J connectivity index is 1.67. The van der Waals surface area contributed by atoms with Crippen molar-refractivity contribution in [1.82, 2.24) is 14.9 Å². The summed E-state index contributed by atoms with van der Waals surface area (Å²) in [5.74, 6) is 0.701. The van der Waals surface area contributed by atoms with Crippen LogP contribution in [-0.4, -0.2) is 40.0 Å². The lowest BCUT2D eigenvalue weighted by molar-refractivity contribution is 0.192. The van der Waals surface area contributed by atoms with E-state index in [2.05, 4.69) is 20.2 Å². The summed E-state index contributed by atoms with van der Waals surface area (Å²) in [7, 11) is 0. The van der Waals surface area contributed by atoms with Gasteiger partial charge in [0.05, 0.1) is 17.4 Å². The molecule has 5 heteroatoms. The van der Waals surface area contributed by atoms with Crippen LogP contribution in [0.2, 0.25) is 5.02 Å². The number of aromatic nitrogens is 2. The second-order valence-corrected chi connectivity index (χ2v) is 5.30. The number of rotatable bonds is 2. The number of nitrogens with one attached hydrogen (secondary N) is 1. The minimum atomic E-state index is 0.497. The van der Waals surface area contributed by atoms with E-state index in [1.807, 2.05) is 0 Å². The summed E-state index contributed by atoms with van der Waals surface area (Å²) in [4.78, 5) is 11.0. The van der Waals surface area contributed by atoms with Crippen molar-refractivity contribution < 1.29 is 0 Å². The topological polar surface area (TPSA) is 41.1 Å². The Kier molecular flexibility index (Phi) is 3.16. The maximum atomic E-state index is 5.78. The van der Waals surface area contributed by atoms with E-state index in [0.29, 0.717) is 23.1 Å². The monoisotopic (exact) mass is 252 g/mol. The first kappa shape index (κ1) is 11.2. The maximum absolute atomic E-state index is 5.78. The van der Waals surface area contributed by atoms with Gasteiger partial charge in [0.1, 0.15) is 0 Å². The van der Waals surface area contributed by atoms with E-state index in [9.17, 15) is 0 Å². The van der Waals surface area contributed by atoms with Gasteiger partial charge < -0.3 is 5.32 Å². The second-order valence-electron chi connectivity index (χ2n) is 4.86. The molecule has 2 atom stereocenters. The normalized spacial score (nSPS) is 29.0. The van der Waals surface area contributed by atoms with Crippen LogP contribution in [0.1, 0.15) is 25.7 Å². The Morgan fingerprint density at radius 1 is 1.18 bits per heavy atom. The molecule has 4 nitrogen and oxygen atoms in total. The van der Waals surface area contributed by atoms with Crippen LogP contribution in [0.3, 0.4) is 0 Å². The van der Waals surface area contributed by atoms with Gasteiger partial charge in [-0.3, -0.25) is 4.90 Å². The third-order valence-electron chi connectivity index (χ3n) is 3.79. The van der Waals surface area contributed by atoms with E-state index in [4.69, 9.17) is 11.6 Å². The molecule has 0 unspecified atom stereocenters. The van der Waals surface area contributed by atoms with Crippen molar-refractivity contribution in [1.29, 1.82) is 0 Å². The number of nitrogens with zero attached hydrogens (tertiary/aromatic N) is 3. The lowest BCUT2D eigenvalue weighted by Crippen LogP contribution is -2.41. The van der Waals surface area contributed by atoms with Crippen molar-refractivity contribution in [2.75, 3.05) is 18.4 Å². The molecular formula is C12H17ClN4. The van der Waals surface area contributed by atoms with Crippen molar-refractivity contribution in [2.45, 2.75) is 37.8 Å². The van der Waals surface area contributed by atoms with Gasteiger partial charge in [0.2, 0.25) is 5.95 Å². The van der Waals surface area contributed by atoms with Crippen molar-refractivity contribution in [3.05, 3.63) is 17.4 Å². The highest BCUT2D eigenvalue weighted by atomic mass is 35.5. The summed E-state index contributed by atoms with van der Waals surface area (Å²) in [6, 6.07) is 1.17. The summed E-state index contributed by atoms with van der Waals surface area (Å²) in [5.41, 5.74) is 0. The lowest BCUT2D eigenvalue weighted by atomic mass is 9.99. The highest BCUT2D eigenvalue weighted by Crippen LogP contribution is 2.28. The van der Waals surface area contributed by atoms with Gasteiger partial charge in [-0.15, -0.1) is 0 Å². The summed E-state index contributed by atoms with van der Waals surface area (Å²) in [5, 5.41) is 4.03. The van der Waals surface area contributed by atoms with Crippen molar-refractivity contribution in [3.63, 3.8) is 0 Å². The largest absolute Gasteiger partial charge is 0.350 e. The lowest BCUT2D eigenvalue weighted by Gasteiger charge is -2.32. The second kappa shape index (κ2) is 4.78. The fourth-order valence-electron chi connectivity index (χ4n) is 2.97. The van der Waals surface area contributed by atoms with Gasteiger partial charge >= 0.3 is 0 Å². The first-order valence-corrected chi connectivity index (χ1v) is 6.69. The Morgan fingerprint density at radius 2 is 2.00 bits per heavy atom. The Labute approximate surface area is 106 Å². The maximum Gasteiger partial charge on any atom is 0.222 e. The van der Waals surface area contributed by atoms with Gasteiger partial charge in [-0.1, -0.05) is 18.0 Å². The summed E-state index contributed by atoms with van der Waals surface area (Å²) in [6.07, 6.45) is 8.47. The molecule has 3 rings (SSSR count). The van der Waals surface area contributed by atoms with Crippen LogP contribution in [0.25, 0.3) is 0 Å². The molecule has 0 aliphatic carbocycles. The fraction of sp³-hybridized carbons (Fsp3) is 0.667. The van der Waals surface area contributed by atoms with E-state index in [0.717, 1.165) is 0 Å². The standard InChI is InChI=1S/C12H17ClN4/c13-9-7-14-12(15-8-9)16-10-4-6-17-5-2-1-3-11(10)17/h7-8,10-11H,1-6H2,(H,14,15,16)/t10-,11-/m0/s1. The number of anilines is 1. The molecule has 0 amide bonds. The number of piperidine rings is 1. The van der Waals surface area contributed by atoms with Gasteiger partial charge in [0.25, 0.3) is 0 Å². The first-order valence-electron chi connectivity index (χ1n) is 6.31. The molecule has 92 valence electrons. The SMILES string of the molecule is Clc1cnc(N[C@H]2CCN3CCCC[C@@H]23)nc1. The van der Waals surface area contributed by atoms with E-state index in [-0.39, 0.29) is 0 Å². The molecule has 2 aliphatic heterocycles. The van der Waals surface area contributed by atoms with Crippen molar-refractivity contribution in [2.24, 2.45) is 0 Å². The molecule has 0 bridgehead atoms. The van der Waals surface area contributed by atoms with Crippen LogP contribution in [0.4, 0.5) is 5.95 Å². The molecule has 0 spiro atoms. The Bertz CT molecular complexity index is 381. The minimum Gasteiger partial charge on any atom is -0.350 e. The number of fused-ring (bicyclic) bond motifs is 1. The smallest absolute Gasteiger partial charge is 0.222 e. The van der Waals surface area contributed by atoms with Crippen LogP contribution >= 0.6 is 11.6 Å². The fourth-order valence-corrected chi connectivity index (χ4v) is 3.07. The molecule has 3 heterocycles. The van der Waals surface area contributed by atoms with E-state index in [1.54, 1.807) is 12.4 Å². The zero-order valence-electron chi connectivity index (χ0n) is 9.77. The van der Waals surface area contributed by atoms with E-state index >= 15 is 0 Å². The van der Waals surface area contributed by atoms with Gasteiger partial charge in [0, 0.05) is 18.6 Å². The highest BCUT2D eigenvalue weighted by molar-refractivity contribution is 6.30. The van der Waals surface area contributed by atoms with Crippen LogP contribution < -0.4 is 5.32 Å². The molecule has 2 saturated heterocycles. The zero-order chi connectivity index (χ0) is 11.7. The number of halogens is 1. The van der Waals surface area contributed by atoms with Gasteiger partial charge in [0.15, 0.2) is 0 Å².